The minimum atomic E-state index is -3.77. The van der Waals surface area contributed by atoms with Crippen LogP contribution in [0.3, 0.4) is 0 Å². The molecule has 0 aromatic heterocycles. The Kier molecular flexibility index (Phi) is 4.28. The summed E-state index contributed by atoms with van der Waals surface area (Å²) in [4.78, 5) is 9.90. The zero-order valence-electron chi connectivity index (χ0n) is 11.8. The van der Waals surface area contributed by atoms with Crippen molar-refractivity contribution in [3.63, 3.8) is 0 Å². The molecule has 0 amide bonds. The van der Waals surface area contributed by atoms with Gasteiger partial charge < -0.3 is 0 Å². The summed E-state index contributed by atoms with van der Waals surface area (Å²) in [6.45, 7) is 4.19. The van der Waals surface area contributed by atoms with E-state index in [-0.39, 0.29) is 27.1 Å². The summed E-state index contributed by atoms with van der Waals surface area (Å²) in [5, 5.41) is 10.5. The predicted octanol–water partition coefficient (Wildman–Crippen LogP) is 3.11. The average molecular weight is 333 g/mol. The van der Waals surface area contributed by atoms with Crippen molar-refractivity contribution < 1.29 is 13.3 Å². The number of rotatable bonds is 4. The third kappa shape index (κ3) is 3.72. The van der Waals surface area contributed by atoms with Crippen LogP contribution in [0.5, 0.6) is 0 Å². The Bertz CT molecular complexity index is 673. The Hall–Kier alpha value is -1.18. The van der Waals surface area contributed by atoms with Gasteiger partial charge in [-0.25, -0.2) is 13.1 Å². The summed E-state index contributed by atoms with van der Waals surface area (Å²) in [7, 11) is -3.77. The van der Waals surface area contributed by atoms with Crippen LogP contribution >= 0.6 is 11.6 Å². The number of halogens is 1. The molecule has 116 valence electrons. The molecule has 1 unspecified atom stereocenters. The molecule has 0 aliphatic heterocycles. The van der Waals surface area contributed by atoms with Crippen molar-refractivity contribution in [2.24, 2.45) is 5.41 Å². The maximum atomic E-state index is 12.3. The van der Waals surface area contributed by atoms with Gasteiger partial charge in [0.1, 0.15) is 4.90 Å². The number of sulfonamides is 1. The third-order valence-electron chi connectivity index (χ3n) is 3.71. The normalized spacial score (nSPS) is 21.4. The van der Waals surface area contributed by atoms with Crippen molar-refractivity contribution in [1.29, 1.82) is 0 Å². The summed E-state index contributed by atoms with van der Waals surface area (Å²) < 4.78 is 27.3. The first-order valence-corrected chi connectivity index (χ1v) is 8.43. The van der Waals surface area contributed by atoms with E-state index in [1.807, 2.05) is 0 Å². The van der Waals surface area contributed by atoms with Gasteiger partial charge in [0.05, 0.1) is 9.95 Å². The van der Waals surface area contributed by atoms with E-state index >= 15 is 0 Å². The molecule has 0 radical (unpaired) electrons. The zero-order chi connectivity index (χ0) is 15.8. The Morgan fingerprint density at radius 2 is 2.10 bits per heavy atom. The van der Waals surface area contributed by atoms with Gasteiger partial charge in [0, 0.05) is 18.2 Å². The van der Waals surface area contributed by atoms with Crippen molar-refractivity contribution in [2.75, 3.05) is 0 Å². The van der Waals surface area contributed by atoms with Gasteiger partial charge in [-0.2, -0.15) is 0 Å². The molecule has 2 rings (SSSR count). The molecule has 0 bridgehead atoms. The van der Waals surface area contributed by atoms with E-state index in [4.69, 9.17) is 11.6 Å². The van der Waals surface area contributed by atoms with E-state index in [9.17, 15) is 18.5 Å². The molecule has 21 heavy (non-hydrogen) atoms. The minimum Gasteiger partial charge on any atom is -0.258 e. The summed E-state index contributed by atoms with van der Waals surface area (Å²) >= 11 is 5.88. The molecular formula is C13H17ClN2O4S. The number of hydrogen-bond acceptors (Lipinski definition) is 4. The van der Waals surface area contributed by atoms with Crippen LogP contribution in [0.25, 0.3) is 0 Å². The number of hydrogen-bond donors (Lipinski definition) is 1. The van der Waals surface area contributed by atoms with Crippen molar-refractivity contribution in [2.45, 2.75) is 44.0 Å². The van der Waals surface area contributed by atoms with E-state index in [0.29, 0.717) is 0 Å². The highest BCUT2D eigenvalue weighted by Crippen LogP contribution is 2.37. The lowest BCUT2D eigenvalue weighted by molar-refractivity contribution is -0.384. The summed E-state index contributed by atoms with van der Waals surface area (Å²) in [6.07, 6.45) is 2.49. The molecule has 1 saturated carbocycles. The van der Waals surface area contributed by atoms with E-state index in [0.717, 1.165) is 31.4 Å². The van der Waals surface area contributed by atoms with Crippen LogP contribution in [0.15, 0.2) is 23.1 Å². The molecule has 0 heterocycles. The standard InChI is InChI=1S/C13H17ClN2O4S/c1-13(2)6-5-9(8-13)15-21(19,20)12-4-3-10(16(17)18)7-11(12)14/h3-4,7,9,15H,5-6,8H2,1-2H3. The first kappa shape index (κ1) is 16.2. The van der Waals surface area contributed by atoms with E-state index < -0.39 is 14.9 Å². The fourth-order valence-corrected chi connectivity index (χ4v) is 4.45. The highest BCUT2D eigenvalue weighted by Gasteiger charge is 2.34. The number of non-ortho nitro benzene ring substituents is 1. The molecule has 1 atom stereocenters. The fourth-order valence-electron chi connectivity index (χ4n) is 2.64. The molecule has 1 fully saturated rings. The second-order valence-electron chi connectivity index (χ2n) is 6.10. The van der Waals surface area contributed by atoms with Gasteiger partial charge >= 0.3 is 0 Å². The van der Waals surface area contributed by atoms with E-state index in [1.54, 1.807) is 0 Å². The number of nitro benzene ring substituents is 1. The third-order valence-corrected chi connectivity index (χ3v) is 5.71. The van der Waals surface area contributed by atoms with Crippen LogP contribution in [0.4, 0.5) is 5.69 Å². The lowest BCUT2D eigenvalue weighted by Crippen LogP contribution is -2.33. The van der Waals surface area contributed by atoms with Gasteiger partial charge in [-0.1, -0.05) is 25.4 Å². The highest BCUT2D eigenvalue weighted by atomic mass is 35.5. The zero-order valence-corrected chi connectivity index (χ0v) is 13.4. The van der Waals surface area contributed by atoms with Gasteiger partial charge in [-0.3, -0.25) is 10.1 Å². The molecule has 1 aromatic rings. The lowest BCUT2D eigenvalue weighted by Gasteiger charge is -2.18. The monoisotopic (exact) mass is 332 g/mol. The summed E-state index contributed by atoms with van der Waals surface area (Å²) in [5.41, 5.74) is -0.118. The maximum absolute atomic E-state index is 12.3. The van der Waals surface area contributed by atoms with E-state index in [2.05, 4.69) is 18.6 Å². The van der Waals surface area contributed by atoms with Gasteiger partial charge in [0.15, 0.2) is 0 Å². The number of benzene rings is 1. The topological polar surface area (TPSA) is 89.3 Å². The second-order valence-corrected chi connectivity index (χ2v) is 8.19. The fraction of sp³-hybridized carbons (Fsp3) is 0.538. The number of nitrogens with one attached hydrogen (secondary N) is 1. The highest BCUT2D eigenvalue weighted by molar-refractivity contribution is 7.89. The van der Waals surface area contributed by atoms with Crippen LogP contribution in [0, 0.1) is 15.5 Å². The first-order valence-electron chi connectivity index (χ1n) is 6.57. The van der Waals surface area contributed by atoms with Crippen LogP contribution in [-0.2, 0) is 10.0 Å². The Balaban J connectivity index is 2.22. The number of nitrogens with zero attached hydrogens (tertiary/aromatic N) is 1. The maximum Gasteiger partial charge on any atom is 0.271 e. The number of nitro groups is 1. The van der Waals surface area contributed by atoms with Gasteiger partial charge in [-0.15, -0.1) is 0 Å². The van der Waals surface area contributed by atoms with Crippen molar-refractivity contribution >= 4 is 27.3 Å². The molecule has 1 aliphatic carbocycles. The van der Waals surface area contributed by atoms with Crippen molar-refractivity contribution in [3.8, 4) is 0 Å². The first-order chi connectivity index (χ1) is 9.61. The summed E-state index contributed by atoms with van der Waals surface area (Å²) in [5.74, 6) is 0. The van der Waals surface area contributed by atoms with Crippen molar-refractivity contribution in [1.82, 2.24) is 4.72 Å². The molecule has 8 heteroatoms. The quantitative estimate of drug-likeness (QED) is 0.677. The second kappa shape index (κ2) is 5.55. The smallest absolute Gasteiger partial charge is 0.258 e. The molecule has 0 saturated heterocycles. The molecule has 0 spiro atoms. The molecule has 6 nitrogen and oxygen atoms in total. The Morgan fingerprint density at radius 1 is 1.43 bits per heavy atom. The van der Waals surface area contributed by atoms with Crippen LogP contribution in [0.2, 0.25) is 5.02 Å². The van der Waals surface area contributed by atoms with Crippen LogP contribution < -0.4 is 4.72 Å². The van der Waals surface area contributed by atoms with Crippen LogP contribution in [0.1, 0.15) is 33.1 Å². The SMILES string of the molecule is CC1(C)CCC(NS(=O)(=O)c2ccc([N+](=O)[O-])cc2Cl)C1. The largest absolute Gasteiger partial charge is 0.271 e. The minimum absolute atomic E-state index is 0.118. The molecule has 1 aliphatic rings. The van der Waals surface area contributed by atoms with Crippen molar-refractivity contribution in [3.05, 3.63) is 33.3 Å². The summed E-state index contributed by atoms with van der Waals surface area (Å²) in [6, 6.07) is 3.23. The molecule has 1 aromatic carbocycles. The lowest BCUT2D eigenvalue weighted by atomic mass is 9.92. The van der Waals surface area contributed by atoms with Gasteiger partial charge in [-0.05, 0) is 30.7 Å². The van der Waals surface area contributed by atoms with Gasteiger partial charge in [0.25, 0.3) is 5.69 Å². The van der Waals surface area contributed by atoms with Crippen LogP contribution in [-0.4, -0.2) is 19.4 Å². The molecule has 1 N–H and O–H groups in total. The molecular weight excluding hydrogens is 316 g/mol. The Morgan fingerprint density at radius 3 is 2.57 bits per heavy atom. The average Bonchev–Trinajstić information content (AvgIpc) is 2.67. The predicted molar refractivity (Wildman–Crippen MR) is 79.8 cm³/mol. The van der Waals surface area contributed by atoms with E-state index in [1.165, 1.54) is 6.07 Å². The van der Waals surface area contributed by atoms with Gasteiger partial charge in [0.2, 0.25) is 10.0 Å². The Labute approximate surface area is 128 Å².